The van der Waals surface area contributed by atoms with Crippen LogP contribution in [0.1, 0.15) is 12.5 Å². The van der Waals surface area contributed by atoms with Gasteiger partial charge in [0, 0.05) is 17.9 Å². The van der Waals surface area contributed by atoms with Gasteiger partial charge in [0.2, 0.25) is 0 Å². The van der Waals surface area contributed by atoms with E-state index in [4.69, 9.17) is 9.84 Å². The molecule has 1 aromatic rings. The van der Waals surface area contributed by atoms with Crippen LogP contribution in [0.5, 0.6) is 5.75 Å². The molecule has 0 fully saturated rings. The number of thioether (sulfide) groups is 1. The maximum atomic E-state index is 8.89. The molecule has 0 amide bonds. The van der Waals surface area contributed by atoms with Gasteiger partial charge in [0.25, 0.3) is 0 Å². The van der Waals surface area contributed by atoms with Crippen molar-refractivity contribution in [1.29, 1.82) is 0 Å². The molecular formula is C12H18O2S. The first-order valence-corrected chi connectivity index (χ1v) is 6.24. The molecule has 0 heterocycles. The summed E-state index contributed by atoms with van der Waals surface area (Å²) in [6.07, 6.45) is 0. The molecule has 1 unspecified atom stereocenters. The lowest BCUT2D eigenvalue weighted by Gasteiger charge is -2.09. The fraction of sp³-hybridized carbons (Fsp3) is 0.500. The Bertz CT molecular complexity index is 289. The summed E-state index contributed by atoms with van der Waals surface area (Å²) < 4.78 is 5.27. The third-order valence-electron chi connectivity index (χ3n) is 2.16. The minimum Gasteiger partial charge on any atom is -0.496 e. The normalized spacial score (nSPS) is 12.5. The molecular weight excluding hydrogens is 208 g/mol. The molecule has 0 saturated carbocycles. The van der Waals surface area contributed by atoms with E-state index in [2.05, 4.69) is 13.0 Å². The van der Waals surface area contributed by atoms with Gasteiger partial charge in [-0.1, -0.05) is 25.1 Å². The Morgan fingerprint density at radius 1 is 1.40 bits per heavy atom. The average Bonchev–Trinajstić information content (AvgIpc) is 2.29. The zero-order valence-electron chi connectivity index (χ0n) is 9.27. The molecule has 1 N–H and O–H groups in total. The molecule has 0 radical (unpaired) electrons. The van der Waals surface area contributed by atoms with E-state index < -0.39 is 0 Å². The van der Waals surface area contributed by atoms with Crippen molar-refractivity contribution in [2.24, 2.45) is 5.92 Å². The van der Waals surface area contributed by atoms with Gasteiger partial charge < -0.3 is 9.84 Å². The predicted octanol–water partition coefficient (Wildman–Crippen LogP) is 2.56. The number of hydrogen-bond acceptors (Lipinski definition) is 3. The first-order valence-electron chi connectivity index (χ1n) is 5.08. The van der Waals surface area contributed by atoms with E-state index in [1.165, 1.54) is 5.56 Å². The molecule has 1 atom stereocenters. The summed E-state index contributed by atoms with van der Waals surface area (Å²) in [5, 5.41) is 8.89. The van der Waals surface area contributed by atoms with Crippen molar-refractivity contribution in [1.82, 2.24) is 0 Å². The van der Waals surface area contributed by atoms with Gasteiger partial charge in [0.05, 0.1) is 7.11 Å². The minimum atomic E-state index is 0.263. The standard InChI is InChI=1S/C12H18O2S/c1-10(7-13)8-15-9-11-5-3-4-6-12(11)14-2/h3-6,10,13H,7-9H2,1-2H3. The molecule has 3 heteroatoms. The van der Waals surface area contributed by atoms with Crippen molar-refractivity contribution in [2.45, 2.75) is 12.7 Å². The van der Waals surface area contributed by atoms with Crippen LogP contribution in [-0.2, 0) is 5.75 Å². The fourth-order valence-corrected chi connectivity index (χ4v) is 2.33. The smallest absolute Gasteiger partial charge is 0.122 e. The molecule has 0 aliphatic heterocycles. The zero-order chi connectivity index (χ0) is 11.1. The topological polar surface area (TPSA) is 29.5 Å². The highest BCUT2D eigenvalue weighted by Crippen LogP contribution is 2.23. The van der Waals surface area contributed by atoms with E-state index in [0.29, 0.717) is 5.92 Å². The minimum absolute atomic E-state index is 0.263. The number of rotatable bonds is 6. The van der Waals surface area contributed by atoms with Crippen LogP contribution in [0.15, 0.2) is 24.3 Å². The summed E-state index contributed by atoms with van der Waals surface area (Å²) in [7, 11) is 1.69. The maximum absolute atomic E-state index is 8.89. The predicted molar refractivity (Wildman–Crippen MR) is 65.4 cm³/mol. The lowest BCUT2D eigenvalue weighted by atomic mass is 10.2. The van der Waals surface area contributed by atoms with E-state index in [9.17, 15) is 0 Å². The lowest BCUT2D eigenvalue weighted by molar-refractivity contribution is 0.250. The average molecular weight is 226 g/mol. The van der Waals surface area contributed by atoms with Crippen molar-refractivity contribution < 1.29 is 9.84 Å². The molecule has 84 valence electrons. The lowest BCUT2D eigenvalue weighted by Crippen LogP contribution is -2.03. The molecule has 1 rings (SSSR count). The van der Waals surface area contributed by atoms with Crippen LogP contribution in [0.2, 0.25) is 0 Å². The highest BCUT2D eigenvalue weighted by molar-refractivity contribution is 7.98. The second kappa shape index (κ2) is 6.75. The van der Waals surface area contributed by atoms with E-state index in [1.54, 1.807) is 7.11 Å². The monoisotopic (exact) mass is 226 g/mol. The van der Waals surface area contributed by atoms with Crippen LogP contribution < -0.4 is 4.74 Å². The van der Waals surface area contributed by atoms with Gasteiger partial charge in [-0.05, 0) is 17.7 Å². The molecule has 0 bridgehead atoms. The number of hydrogen-bond donors (Lipinski definition) is 1. The molecule has 0 aliphatic rings. The molecule has 0 spiro atoms. The highest BCUT2D eigenvalue weighted by atomic mass is 32.2. The van der Waals surface area contributed by atoms with Gasteiger partial charge in [-0.2, -0.15) is 11.8 Å². The van der Waals surface area contributed by atoms with Gasteiger partial charge in [-0.15, -0.1) is 0 Å². The van der Waals surface area contributed by atoms with E-state index >= 15 is 0 Å². The van der Waals surface area contributed by atoms with Crippen LogP contribution in [0.3, 0.4) is 0 Å². The molecule has 0 saturated heterocycles. The quantitative estimate of drug-likeness (QED) is 0.808. The molecule has 0 aromatic heterocycles. The fourth-order valence-electron chi connectivity index (χ4n) is 1.24. The highest BCUT2D eigenvalue weighted by Gasteiger charge is 2.03. The molecule has 15 heavy (non-hydrogen) atoms. The molecule has 1 aromatic carbocycles. The van der Waals surface area contributed by atoms with Crippen LogP contribution in [0.4, 0.5) is 0 Å². The van der Waals surface area contributed by atoms with Crippen LogP contribution in [0, 0.1) is 5.92 Å². The van der Waals surface area contributed by atoms with Gasteiger partial charge in [0.15, 0.2) is 0 Å². The van der Waals surface area contributed by atoms with Gasteiger partial charge in [-0.3, -0.25) is 0 Å². The van der Waals surface area contributed by atoms with Gasteiger partial charge in [0.1, 0.15) is 5.75 Å². The van der Waals surface area contributed by atoms with Crippen molar-refractivity contribution in [3.63, 3.8) is 0 Å². The Hall–Kier alpha value is -0.670. The number of methoxy groups -OCH3 is 1. The summed E-state index contributed by atoms with van der Waals surface area (Å²) in [5.74, 6) is 3.23. The molecule has 2 nitrogen and oxygen atoms in total. The van der Waals surface area contributed by atoms with Crippen LogP contribution in [-0.4, -0.2) is 24.6 Å². The van der Waals surface area contributed by atoms with E-state index in [-0.39, 0.29) is 6.61 Å². The third kappa shape index (κ3) is 4.14. The SMILES string of the molecule is COc1ccccc1CSCC(C)CO. The number of aliphatic hydroxyl groups excluding tert-OH is 1. The second-order valence-corrected chi connectivity index (χ2v) is 4.64. The van der Waals surface area contributed by atoms with E-state index in [1.807, 2.05) is 30.0 Å². The number of para-hydroxylation sites is 1. The van der Waals surface area contributed by atoms with Crippen molar-refractivity contribution in [3.8, 4) is 5.75 Å². The summed E-state index contributed by atoms with van der Waals surface area (Å²) in [6.45, 7) is 2.31. The van der Waals surface area contributed by atoms with Gasteiger partial charge >= 0.3 is 0 Å². The number of benzene rings is 1. The number of aliphatic hydroxyl groups is 1. The van der Waals surface area contributed by atoms with Crippen molar-refractivity contribution in [3.05, 3.63) is 29.8 Å². The van der Waals surface area contributed by atoms with Crippen LogP contribution in [0.25, 0.3) is 0 Å². The summed E-state index contributed by atoms with van der Waals surface area (Å²) in [4.78, 5) is 0. The third-order valence-corrected chi connectivity index (χ3v) is 3.48. The maximum Gasteiger partial charge on any atom is 0.122 e. The van der Waals surface area contributed by atoms with Crippen molar-refractivity contribution >= 4 is 11.8 Å². The summed E-state index contributed by atoms with van der Waals surface area (Å²) in [6, 6.07) is 8.05. The zero-order valence-corrected chi connectivity index (χ0v) is 10.1. The Morgan fingerprint density at radius 2 is 2.13 bits per heavy atom. The van der Waals surface area contributed by atoms with Crippen LogP contribution >= 0.6 is 11.8 Å². The van der Waals surface area contributed by atoms with Gasteiger partial charge in [-0.25, -0.2) is 0 Å². The Kier molecular flexibility index (Phi) is 5.58. The first kappa shape index (κ1) is 12.4. The Balaban J connectivity index is 2.43. The second-order valence-electron chi connectivity index (χ2n) is 3.61. The largest absolute Gasteiger partial charge is 0.496 e. The Labute approximate surface area is 95.7 Å². The summed E-state index contributed by atoms with van der Waals surface area (Å²) >= 11 is 1.83. The first-order chi connectivity index (χ1) is 7.27. The number of ether oxygens (including phenoxy) is 1. The Morgan fingerprint density at radius 3 is 2.80 bits per heavy atom. The summed E-state index contributed by atoms with van der Waals surface area (Å²) in [5.41, 5.74) is 1.22. The van der Waals surface area contributed by atoms with E-state index in [0.717, 1.165) is 17.3 Å². The van der Waals surface area contributed by atoms with Crippen molar-refractivity contribution in [2.75, 3.05) is 19.5 Å². The molecule has 0 aliphatic carbocycles.